The van der Waals surface area contributed by atoms with Crippen LogP contribution in [0.15, 0.2) is 18.2 Å². The molecule has 3 heteroatoms. The molecular weight excluding hydrogens is 236 g/mol. The Morgan fingerprint density at radius 3 is 2.63 bits per heavy atom. The minimum absolute atomic E-state index is 0.533. The maximum absolute atomic E-state index is 5.70. The molecule has 2 rings (SSSR count). The predicted octanol–water partition coefficient (Wildman–Crippen LogP) is 2.78. The standard InChI is InChI=1S/C16H26N2O/c1-3-13-6-8-18(9-7-13)12-14-4-5-15(11-17)16(10-14)19-2/h4-5,10,13H,3,6-9,11-12,17H2,1-2H3. The van der Waals surface area contributed by atoms with Crippen LogP contribution in [0, 0.1) is 5.92 Å². The molecule has 1 aromatic rings. The number of nitrogens with two attached hydrogens (primary N) is 1. The van der Waals surface area contributed by atoms with Gasteiger partial charge in [-0.05, 0) is 43.5 Å². The van der Waals surface area contributed by atoms with Gasteiger partial charge in [-0.3, -0.25) is 4.90 Å². The summed E-state index contributed by atoms with van der Waals surface area (Å²) in [6, 6.07) is 6.40. The third kappa shape index (κ3) is 3.71. The monoisotopic (exact) mass is 262 g/mol. The largest absolute Gasteiger partial charge is 0.496 e. The topological polar surface area (TPSA) is 38.5 Å². The Bertz CT molecular complexity index is 398. The number of piperidine rings is 1. The molecule has 0 spiro atoms. The van der Waals surface area contributed by atoms with E-state index in [4.69, 9.17) is 10.5 Å². The molecule has 0 bridgehead atoms. The number of hydrogen-bond donors (Lipinski definition) is 1. The quantitative estimate of drug-likeness (QED) is 0.887. The molecule has 19 heavy (non-hydrogen) atoms. The van der Waals surface area contributed by atoms with Crippen LogP contribution in [-0.2, 0) is 13.1 Å². The third-order valence-electron chi connectivity index (χ3n) is 4.26. The average Bonchev–Trinajstić information content (AvgIpc) is 2.48. The summed E-state index contributed by atoms with van der Waals surface area (Å²) >= 11 is 0. The molecule has 3 nitrogen and oxygen atoms in total. The van der Waals surface area contributed by atoms with Crippen LogP contribution < -0.4 is 10.5 Å². The average molecular weight is 262 g/mol. The normalized spacial score (nSPS) is 17.6. The molecule has 1 saturated heterocycles. The molecule has 106 valence electrons. The molecule has 1 aromatic carbocycles. The summed E-state index contributed by atoms with van der Waals surface area (Å²) in [4.78, 5) is 2.54. The first kappa shape index (κ1) is 14.4. The molecular formula is C16H26N2O. The van der Waals surface area contributed by atoms with Crippen molar-refractivity contribution >= 4 is 0 Å². The van der Waals surface area contributed by atoms with Crippen LogP contribution in [0.25, 0.3) is 0 Å². The number of nitrogens with zero attached hydrogens (tertiary/aromatic N) is 1. The Balaban J connectivity index is 1.96. The first-order valence-electron chi connectivity index (χ1n) is 7.35. The van der Waals surface area contributed by atoms with E-state index >= 15 is 0 Å². The van der Waals surface area contributed by atoms with Crippen LogP contribution in [0.4, 0.5) is 0 Å². The summed E-state index contributed by atoms with van der Waals surface area (Å²) in [6.07, 6.45) is 4.01. The maximum Gasteiger partial charge on any atom is 0.123 e. The number of ether oxygens (including phenoxy) is 1. The van der Waals surface area contributed by atoms with Crippen LogP contribution in [0.2, 0.25) is 0 Å². The highest BCUT2D eigenvalue weighted by Crippen LogP contribution is 2.24. The van der Waals surface area contributed by atoms with Crippen molar-refractivity contribution in [1.29, 1.82) is 0 Å². The second-order valence-electron chi connectivity index (χ2n) is 5.48. The summed E-state index contributed by atoms with van der Waals surface area (Å²) in [7, 11) is 1.71. The Hall–Kier alpha value is -1.06. The van der Waals surface area contributed by atoms with Gasteiger partial charge >= 0.3 is 0 Å². The summed E-state index contributed by atoms with van der Waals surface area (Å²) in [5.74, 6) is 1.86. The van der Waals surface area contributed by atoms with Crippen molar-refractivity contribution in [3.63, 3.8) is 0 Å². The smallest absolute Gasteiger partial charge is 0.123 e. The molecule has 0 unspecified atom stereocenters. The zero-order valence-electron chi connectivity index (χ0n) is 12.2. The first-order valence-corrected chi connectivity index (χ1v) is 7.35. The van der Waals surface area contributed by atoms with Crippen molar-refractivity contribution in [2.75, 3.05) is 20.2 Å². The van der Waals surface area contributed by atoms with E-state index in [1.807, 2.05) is 0 Å². The molecule has 0 radical (unpaired) electrons. The van der Waals surface area contributed by atoms with Crippen molar-refractivity contribution < 1.29 is 4.74 Å². The van der Waals surface area contributed by atoms with E-state index in [-0.39, 0.29) is 0 Å². The molecule has 0 aliphatic carbocycles. The van der Waals surface area contributed by atoms with E-state index in [0.717, 1.165) is 23.8 Å². The second kappa shape index (κ2) is 6.92. The van der Waals surface area contributed by atoms with Crippen molar-refractivity contribution in [1.82, 2.24) is 4.90 Å². The molecule has 0 amide bonds. The van der Waals surface area contributed by atoms with E-state index in [1.54, 1.807) is 7.11 Å². The fourth-order valence-electron chi connectivity index (χ4n) is 2.87. The summed E-state index contributed by atoms with van der Waals surface area (Å²) < 4.78 is 5.40. The van der Waals surface area contributed by atoms with Gasteiger partial charge in [0.2, 0.25) is 0 Å². The minimum Gasteiger partial charge on any atom is -0.496 e. The van der Waals surface area contributed by atoms with Gasteiger partial charge in [-0.15, -0.1) is 0 Å². The predicted molar refractivity (Wildman–Crippen MR) is 79.2 cm³/mol. The Labute approximate surface area is 116 Å². The molecule has 1 aliphatic heterocycles. The van der Waals surface area contributed by atoms with E-state index < -0.39 is 0 Å². The highest BCUT2D eigenvalue weighted by Gasteiger charge is 2.17. The molecule has 0 saturated carbocycles. The van der Waals surface area contributed by atoms with Crippen molar-refractivity contribution in [2.45, 2.75) is 39.3 Å². The van der Waals surface area contributed by atoms with Crippen molar-refractivity contribution in [3.05, 3.63) is 29.3 Å². The van der Waals surface area contributed by atoms with Gasteiger partial charge in [0.15, 0.2) is 0 Å². The Morgan fingerprint density at radius 1 is 1.32 bits per heavy atom. The number of benzene rings is 1. The van der Waals surface area contributed by atoms with Gasteiger partial charge in [-0.1, -0.05) is 25.5 Å². The highest BCUT2D eigenvalue weighted by atomic mass is 16.5. The third-order valence-corrected chi connectivity index (χ3v) is 4.26. The van der Waals surface area contributed by atoms with Gasteiger partial charge in [-0.2, -0.15) is 0 Å². The van der Waals surface area contributed by atoms with E-state index in [1.165, 1.54) is 37.9 Å². The lowest BCUT2D eigenvalue weighted by Crippen LogP contribution is -2.33. The number of likely N-dealkylation sites (tertiary alicyclic amines) is 1. The molecule has 1 heterocycles. The lowest BCUT2D eigenvalue weighted by atomic mass is 9.94. The number of hydrogen-bond acceptors (Lipinski definition) is 3. The second-order valence-corrected chi connectivity index (χ2v) is 5.48. The Morgan fingerprint density at radius 2 is 2.05 bits per heavy atom. The van der Waals surface area contributed by atoms with Crippen LogP contribution in [-0.4, -0.2) is 25.1 Å². The van der Waals surface area contributed by atoms with E-state index in [2.05, 4.69) is 30.0 Å². The van der Waals surface area contributed by atoms with Crippen LogP contribution in [0.1, 0.15) is 37.3 Å². The Kier molecular flexibility index (Phi) is 5.23. The first-order chi connectivity index (χ1) is 9.26. The fraction of sp³-hybridized carbons (Fsp3) is 0.625. The van der Waals surface area contributed by atoms with Crippen LogP contribution in [0.3, 0.4) is 0 Å². The molecule has 1 aliphatic rings. The zero-order chi connectivity index (χ0) is 13.7. The van der Waals surface area contributed by atoms with E-state index in [0.29, 0.717) is 6.54 Å². The van der Waals surface area contributed by atoms with Gasteiger partial charge in [0.25, 0.3) is 0 Å². The fourth-order valence-corrected chi connectivity index (χ4v) is 2.87. The minimum atomic E-state index is 0.533. The van der Waals surface area contributed by atoms with Gasteiger partial charge in [-0.25, -0.2) is 0 Å². The van der Waals surface area contributed by atoms with Gasteiger partial charge in [0, 0.05) is 18.7 Å². The van der Waals surface area contributed by atoms with E-state index in [9.17, 15) is 0 Å². The van der Waals surface area contributed by atoms with Crippen LogP contribution in [0.5, 0.6) is 5.75 Å². The van der Waals surface area contributed by atoms with Crippen LogP contribution >= 0.6 is 0 Å². The molecule has 1 fully saturated rings. The summed E-state index contributed by atoms with van der Waals surface area (Å²) in [5.41, 5.74) is 8.10. The SMILES string of the molecule is CCC1CCN(Cc2ccc(CN)c(OC)c2)CC1. The molecule has 2 N–H and O–H groups in total. The van der Waals surface area contributed by atoms with Gasteiger partial charge in [0.1, 0.15) is 5.75 Å². The highest BCUT2D eigenvalue weighted by molar-refractivity contribution is 5.37. The molecule has 0 atom stereocenters. The summed E-state index contributed by atoms with van der Waals surface area (Å²) in [6.45, 7) is 6.30. The van der Waals surface area contributed by atoms with Gasteiger partial charge < -0.3 is 10.5 Å². The van der Waals surface area contributed by atoms with Crippen molar-refractivity contribution in [2.24, 2.45) is 11.7 Å². The molecule has 0 aromatic heterocycles. The number of rotatable bonds is 5. The lowest BCUT2D eigenvalue weighted by Gasteiger charge is -2.31. The lowest BCUT2D eigenvalue weighted by molar-refractivity contribution is 0.175. The summed E-state index contributed by atoms with van der Waals surface area (Å²) in [5, 5.41) is 0. The maximum atomic E-state index is 5.70. The number of methoxy groups -OCH3 is 1. The zero-order valence-corrected chi connectivity index (χ0v) is 12.2. The van der Waals surface area contributed by atoms with Gasteiger partial charge in [0.05, 0.1) is 7.11 Å². The van der Waals surface area contributed by atoms with Crippen molar-refractivity contribution in [3.8, 4) is 5.75 Å².